The van der Waals surface area contributed by atoms with Crippen LogP contribution < -0.4 is 5.32 Å². The van der Waals surface area contributed by atoms with Gasteiger partial charge in [-0.2, -0.15) is 0 Å². The Bertz CT molecular complexity index is 318. The smallest absolute Gasteiger partial charge is 0.323 e. The van der Waals surface area contributed by atoms with E-state index in [1.165, 1.54) is 0 Å². The van der Waals surface area contributed by atoms with E-state index < -0.39 is 11.5 Å². The van der Waals surface area contributed by atoms with Crippen LogP contribution in [-0.4, -0.2) is 46.6 Å². The van der Waals surface area contributed by atoms with E-state index in [-0.39, 0.29) is 11.9 Å². The van der Waals surface area contributed by atoms with Gasteiger partial charge in [-0.3, -0.25) is 14.5 Å². The molecule has 2 N–H and O–H groups in total. The predicted octanol–water partition coefficient (Wildman–Crippen LogP) is 0.204. The van der Waals surface area contributed by atoms with E-state index in [2.05, 4.69) is 5.32 Å². The van der Waals surface area contributed by atoms with Gasteiger partial charge in [0.1, 0.15) is 5.54 Å². The summed E-state index contributed by atoms with van der Waals surface area (Å²) in [6, 6.07) is 0.129. The van der Waals surface area contributed by atoms with E-state index in [1.807, 2.05) is 4.90 Å². The standard InChI is InChI=1S/C11H18N2O3/c1-11(10(15)16)5-2-6-13(11)7-8-3-4-9(14)12-8/h8H,2-7H2,1H3,(H,12,14)(H,15,16). The molecule has 5 heteroatoms. The summed E-state index contributed by atoms with van der Waals surface area (Å²) in [5.41, 5.74) is -0.743. The number of carbonyl (C=O) groups excluding carboxylic acids is 1. The van der Waals surface area contributed by atoms with Crippen LogP contribution in [0.15, 0.2) is 0 Å². The third kappa shape index (κ3) is 1.91. The Morgan fingerprint density at radius 1 is 1.69 bits per heavy atom. The van der Waals surface area contributed by atoms with E-state index in [9.17, 15) is 14.7 Å². The third-order valence-electron chi connectivity index (χ3n) is 3.78. The Kier molecular flexibility index (Phi) is 2.88. The normalized spacial score (nSPS) is 35.3. The highest BCUT2D eigenvalue weighted by molar-refractivity contribution is 5.79. The Morgan fingerprint density at radius 2 is 2.44 bits per heavy atom. The van der Waals surface area contributed by atoms with Crippen LogP contribution in [-0.2, 0) is 9.59 Å². The lowest BCUT2D eigenvalue weighted by atomic mass is 9.99. The molecule has 0 saturated carbocycles. The van der Waals surface area contributed by atoms with E-state index in [1.54, 1.807) is 6.92 Å². The fourth-order valence-electron chi connectivity index (χ4n) is 2.63. The molecule has 0 aromatic carbocycles. The zero-order valence-electron chi connectivity index (χ0n) is 9.53. The zero-order chi connectivity index (χ0) is 11.8. The SMILES string of the molecule is CC1(C(=O)O)CCCN1CC1CCC(=O)N1. The average molecular weight is 226 g/mol. The average Bonchev–Trinajstić information content (AvgIpc) is 2.76. The van der Waals surface area contributed by atoms with Gasteiger partial charge in [0.15, 0.2) is 0 Å². The van der Waals surface area contributed by atoms with Gasteiger partial charge in [-0.15, -0.1) is 0 Å². The molecule has 2 saturated heterocycles. The van der Waals surface area contributed by atoms with Gasteiger partial charge in [-0.05, 0) is 32.7 Å². The highest BCUT2D eigenvalue weighted by Crippen LogP contribution is 2.29. The molecule has 2 unspecified atom stereocenters. The van der Waals surface area contributed by atoms with Gasteiger partial charge >= 0.3 is 5.97 Å². The largest absolute Gasteiger partial charge is 0.480 e. The second-order valence-electron chi connectivity index (χ2n) is 4.93. The van der Waals surface area contributed by atoms with Gasteiger partial charge in [0.05, 0.1) is 0 Å². The molecule has 2 heterocycles. The van der Waals surface area contributed by atoms with E-state index in [0.29, 0.717) is 19.4 Å². The number of likely N-dealkylation sites (tertiary alicyclic amines) is 1. The number of carboxylic acid groups (broad SMARTS) is 1. The maximum absolute atomic E-state index is 11.2. The first-order chi connectivity index (χ1) is 7.52. The summed E-state index contributed by atoms with van der Waals surface area (Å²) < 4.78 is 0. The number of aliphatic carboxylic acids is 1. The molecule has 2 aliphatic heterocycles. The molecule has 0 bridgehead atoms. The number of rotatable bonds is 3. The van der Waals surface area contributed by atoms with E-state index in [0.717, 1.165) is 19.4 Å². The molecule has 2 fully saturated rings. The van der Waals surface area contributed by atoms with Crippen LogP contribution in [0.1, 0.15) is 32.6 Å². The monoisotopic (exact) mass is 226 g/mol. The second-order valence-corrected chi connectivity index (χ2v) is 4.93. The number of carboxylic acids is 1. The van der Waals surface area contributed by atoms with Gasteiger partial charge in [0.2, 0.25) is 5.91 Å². The van der Waals surface area contributed by atoms with Crippen LogP contribution in [0.5, 0.6) is 0 Å². The highest BCUT2D eigenvalue weighted by Gasteiger charge is 2.44. The van der Waals surface area contributed by atoms with Crippen LogP contribution in [0, 0.1) is 0 Å². The summed E-state index contributed by atoms with van der Waals surface area (Å²) in [5, 5.41) is 12.1. The van der Waals surface area contributed by atoms with Crippen molar-refractivity contribution in [2.45, 2.75) is 44.2 Å². The summed E-state index contributed by atoms with van der Waals surface area (Å²) in [4.78, 5) is 24.3. The molecule has 0 spiro atoms. The Labute approximate surface area is 94.8 Å². The fourth-order valence-corrected chi connectivity index (χ4v) is 2.63. The van der Waals surface area contributed by atoms with Crippen molar-refractivity contribution < 1.29 is 14.7 Å². The number of carbonyl (C=O) groups is 2. The molecule has 16 heavy (non-hydrogen) atoms. The number of hydrogen-bond donors (Lipinski definition) is 2. The van der Waals surface area contributed by atoms with Crippen molar-refractivity contribution in [3.8, 4) is 0 Å². The number of amides is 1. The molecule has 0 radical (unpaired) electrons. The molecule has 1 amide bonds. The Morgan fingerprint density at radius 3 is 3.00 bits per heavy atom. The van der Waals surface area contributed by atoms with Crippen LogP contribution in [0.2, 0.25) is 0 Å². The minimum Gasteiger partial charge on any atom is -0.480 e. The quantitative estimate of drug-likeness (QED) is 0.721. The van der Waals surface area contributed by atoms with Crippen molar-refractivity contribution in [2.75, 3.05) is 13.1 Å². The highest BCUT2D eigenvalue weighted by atomic mass is 16.4. The summed E-state index contributed by atoms with van der Waals surface area (Å²) in [6.07, 6.45) is 3.01. The number of nitrogens with one attached hydrogen (secondary N) is 1. The van der Waals surface area contributed by atoms with Gasteiger partial charge in [-0.1, -0.05) is 0 Å². The van der Waals surface area contributed by atoms with Gasteiger partial charge in [0.25, 0.3) is 0 Å². The predicted molar refractivity (Wildman–Crippen MR) is 58.0 cm³/mol. The molecular formula is C11H18N2O3. The summed E-state index contributed by atoms with van der Waals surface area (Å²) in [5.74, 6) is -0.671. The molecular weight excluding hydrogens is 208 g/mol. The van der Waals surface area contributed by atoms with Crippen molar-refractivity contribution in [3.63, 3.8) is 0 Å². The summed E-state index contributed by atoms with van der Waals surface area (Å²) >= 11 is 0. The van der Waals surface area contributed by atoms with E-state index >= 15 is 0 Å². The first-order valence-corrected chi connectivity index (χ1v) is 5.80. The maximum Gasteiger partial charge on any atom is 0.323 e. The number of nitrogens with zero attached hydrogens (tertiary/aromatic N) is 1. The second kappa shape index (κ2) is 4.05. The first-order valence-electron chi connectivity index (χ1n) is 5.80. The van der Waals surface area contributed by atoms with E-state index in [4.69, 9.17) is 0 Å². The van der Waals surface area contributed by atoms with Gasteiger partial charge in [-0.25, -0.2) is 0 Å². The Balaban J connectivity index is 1.99. The lowest BCUT2D eigenvalue weighted by Gasteiger charge is -2.32. The third-order valence-corrected chi connectivity index (χ3v) is 3.78. The van der Waals surface area contributed by atoms with Crippen LogP contribution in [0.4, 0.5) is 0 Å². The van der Waals surface area contributed by atoms with Gasteiger partial charge < -0.3 is 10.4 Å². The topological polar surface area (TPSA) is 69.6 Å². The Hall–Kier alpha value is -1.10. The molecule has 2 rings (SSSR count). The minimum atomic E-state index is -0.755. The lowest BCUT2D eigenvalue weighted by molar-refractivity contribution is -0.148. The molecule has 0 aliphatic carbocycles. The maximum atomic E-state index is 11.2. The molecule has 5 nitrogen and oxygen atoms in total. The lowest BCUT2D eigenvalue weighted by Crippen LogP contribution is -2.52. The molecule has 2 aliphatic rings. The molecule has 0 aromatic rings. The van der Waals surface area contributed by atoms with Crippen molar-refractivity contribution in [1.29, 1.82) is 0 Å². The number of hydrogen-bond acceptors (Lipinski definition) is 3. The fraction of sp³-hybridized carbons (Fsp3) is 0.818. The van der Waals surface area contributed by atoms with Crippen molar-refractivity contribution >= 4 is 11.9 Å². The van der Waals surface area contributed by atoms with Gasteiger partial charge in [0, 0.05) is 19.0 Å². The van der Waals surface area contributed by atoms with Crippen molar-refractivity contribution in [2.24, 2.45) is 0 Å². The molecule has 2 atom stereocenters. The first kappa shape index (κ1) is 11.4. The summed E-state index contributed by atoms with van der Waals surface area (Å²) in [6.45, 7) is 3.25. The van der Waals surface area contributed by atoms with Crippen LogP contribution >= 0.6 is 0 Å². The molecule has 90 valence electrons. The van der Waals surface area contributed by atoms with Crippen molar-refractivity contribution in [3.05, 3.63) is 0 Å². The molecule has 0 aromatic heterocycles. The van der Waals surface area contributed by atoms with Crippen molar-refractivity contribution in [1.82, 2.24) is 10.2 Å². The summed E-state index contributed by atoms with van der Waals surface area (Å²) in [7, 11) is 0. The minimum absolute atomic E-state index is 0.0845. The van der Waals surface area contributed by atoms with Crippen LogP contribution in [0.3, 0.4) is 0 Å². The zero-order valence-corrected chi connectivity index (χ0v) is 9.53. The van der Waals surface area contributed by atoms with Crippen LogP contribution in [0.25, 0.3) is 0 Å².